The Kier molecular flexibility index (Phi) is 50.4. The van der Waals surface area contributed by atoms with Crippen molar-refractivity contribution in [2.24, 2.45) is 17.8 Å². The first-order valence-corrected chi connectivity index (χ1v) is 34.4. The SMILES string of the molecule is CCCCCCCC(=O)OC[C@H](COP(=O)(O)OC[C@H](O)COP(=O)(O)OC[C@@H](COC(=O)CCCCCCCCCC(C)C)OC(=O)CCCCCCCCCCCCCC(C)C)OC(=O)CCCCCCCCC(C)CC. The molecule has 79 heavy (non-hydrogen) atoms. The molecule has 0 aromatic carbocycles. The van der Waals surface area contributed by atoms with Gasteiger partial charge in [-0.1, -0.05) is 235 Å². The normalized spacial score (nSPS) is 14.8. The highest BCUT2D eigenvalue weighted by molar-refractivity contribution is 7.47. The molecule has 468 valence electrons. The zero-order chi connectivity index (χ0) is 58.8. The number of hydrogen-bond donors (Lipinski definition) is 3. The van der Waals surface area contributed by atoms with Gasteiger partial charge in [-0.15, -0.1) is 0 Å². The summed E-state index contributed by atoms with van der Waals surface area (Å²) in [5.74, 6) is 0.0359. The van der Waals surface area contributed by atoms with Crippen molar-refractivity contribution in [3.63, 3.8) is 0 Å². The first kappa shape index (κ1) is 77.1. The Labute approximate surface area is 479 Å². The molecular formula is C60H116O17P2. The van der Waals surface area contributed by atoms with Gasteiger partial charge in [0.1, 0.15) is 19.3 Å². The van der Waals surface area contributed by atoms with E-state index in [2.05, 4.69) is 48.5 Å². The number of unbranched alkanes of at least 4 members (excludes halogenated alkanes) is 25. The first-order chi connectivity index (χ1) is 37.8. The number of carbonyl (C=O) groups excluding carboxylic acids is 4. The largest absolute Gasteiger partial charge is 0.472 e. The fraction of sp³-hybridized carbons (Fsp3) is 0.933. The van der Waals surface area contributed by atoms with E-state index < -0.39 is 97.5 Å². The van der Waals surface area contributed by atoms with Crippen LogP contribution < -0.4 is 0 Å². The quantitative estimate of drug-likeness (QED) is 0.0222. The molecule has 0 aliphatic carbocycles. The maximum absolute atomic E-state index is 12.9. The number of hydrogen-bond acceptors (Lipinski definition) is 15. The van der Waals surface area contributed by atoms with Gasteiger partial charge in [0.2, 0.25) is 0 Å². The number of ether oxygens (including phenoxy) is 4. The van der Waals surface area contributed by atoms with Crippen molar-refractivity contribution < 1.29 is 80.2 Å². The van der Waals surface area contributed by atoms with Gasteiger partial charge in [0.15, 0.2) is 12.2 Å². The lowest BCUT2D eigenvalue weighted by molar-refractivity contribution is -0.161. The smallest absolute Gasteiger partial charge is 0.462 e. The monoisotopic (exact) mass is 1170 g/mol. The Bertz CT molecular complexity index is 1580. The second-order valence-electron chi connectivity index (χ2n) is 22.9. The third-order valence-corrected chi connectivity index (χ3v) is 15.9. The summed E-state index contributed by atoms with van der Waals surface area (Å²) in [6.45, 7) is 11.6. The van der Waals surface area contributed by atoms with E-state index in [4.69, 9.17) is 37.0 Å². The molecule has 0 amide bonds. The van der Waals surface area contributed by atoms with E-state index in [0.29, 0.717) is 31.6 Å². The van der Waals surface area contributed by atoms with Gasteiger partial charge in [-0.25, -0.2) is 9.13 Å². The highest BCUT2D eigenvalue weighted by Gasteiger charge is 2.30. The number of esters is 4. The van der Waals surface area contributed by atoms with E-state index in [1.54, 1.807) is 0 Å². The van der Waals surface area contributed by atoms with E-state index in [9.17, 15) is 43.2 Å². The Morgan fingerprint density at radius 3 is 0.962 bits per heavy atom. The molecule has 0 rings (SSSR count). The van der Waals surface area contributed by atoms with Crippen LogP contribution in [0.15, 0.2) is 0 Å². The van der Waals surface area contributed by atoms with E-state index >= 15 is 0 Å². The van der Waals surface area contributed by atoms with Crippen LogP contribution in [0.4, 0.5) is 0 Å². The zero-order valence-corrected chi connectivity index (χ0v) is 52.6. The Morgan fingerprint density at radius 1 is 0.367 bits per heavy atom. The average Bonchev–Trinajstić information content (AvgIpc) is 3.40. The molecule has 17 nitrogen and oxygen atoms in total. The molecule has 0 aromatic heterocycles. The molecule has 0 heterocycles. The van der Waals surface area contributed by atoms with Crippen molar-refractivity contribution in [2.45, 2.75) is 304 Å². The van der Waals surface area contributed by atoms with Crippen LogP contribution in [0.25, 0.3) is 0 Å². The van der Waals surface area contributed by atoms with Crippen molar-refractivity contribution in [2.75, 3.05) is 39.6 Å². The summed E-state index contributed by atoms with van der Waals surface area (Å²) in [5.41, 5.74) is 0. The maximum Gasteiger partial charge on any atom is 0.472 e. The predicted octanol–water partition coefficient (Wildman–Crippen LogP) is 15.9. The summed E-state index contributed by atoms with van der Waals surface area (Å²) in [4.78, 5) is 71.8. The average molecular weight is 1170 g/mol. The topological polar surface area (TPSA) is 237 Å². The van der Waals surface area contributed by atoms with Crippen LogP contribution >= 0.6 is 15.6 Å². The molecule has 0 radical (unpaired) electrons. The van der Waals surface area contributed by atoms with Gasteiger partial charge in [0.05, 0.1) is 26.4 Å². The summed E-state index contributed by atoms with van der Waals surface area (Å²) < 4.78 is 67.6. The summed E-state index contributed by atoms with van der Waals surface area (Å²) in [6.07, 6.45) is 31.2. The van der Waals surface area contributed by atoms with Gasteiger partial charge < -0.3 is 33.8 Å². The third-order valence-electron chi connectivity index (χ3n) is 14.0. The number of phosphoric acid groups is 2. The molecule has 0 saturated carbocycles. The van der Waals surface area contributed by atoms with Gasteiger partial charge in [0, 0.05) is 25.7 Å². The van der Waals surface area contributed by atoms with E-state index in [1.807, 2.05) is 0 Å². The molecule has 0 fully saturated rings. The maximum atomic E-state index is 12.9. The van der Waals surface area contributed by atoms with Gasteiger partial charge >= 0.3 is 39.5 Å². The van der Waals surface area contributed by atoms with Crippen molar-refractivity contribution in [3.8, 4) is 0 Å². The molecule has 19 heteroatoms. The highest BCUT2D eigenvalue weighted by Crippen LogP contribution is 2.45. The van der Waals surface area contributed by atoms with E-state index in [0.717, 1.165) is 115 Å². The summed E-state index contributed by atoms with van der Waals surface area (Å²) in [6, 6.07) is 0. The fourth-order valence-corrected chi connectivity index (χ4v) is 10.3. The molecule has 6 atom stereocenters. The van der Waals surface area contributed by atoms with Crippen molar-refractivity contribution in [1.82, 2.24) is 0 Å². The molecule has 0 aliphatic heterocycles. The predicted molar refractivity (Wildman–Crippen MR) is 312 cm³/mol. The molecule has 3 unspecified atom stereocenters. The van der Waals surface area contributed by atoms with Crippen molar-refractivity contribution in [3.05, 3.63) is 0 Å². The fourth-order valence-electron chi connectivity index (χ4n) is 8.74. The number of carbonyl (C=O) groups is 4. The van der Waals surface area contributed by atoms with Gasteiger partial charge in [-0.2, -0.15) is 0 Å². The summed E-state index contributed by atoms with van der Waals surface area (Å²) >= 11 is 0. The van der Waals surface area contributed by atoms with Gasteiger partial charge in [-0.3, -0.25) is 37.3 Å². The molecule has 0 spiro atoms. The van der Waals surface area contributed by atoms with Crippen LogP contribution in [0.1, 0.15) is 286 Å². The Morgan fingerprint density at radius 2 is 0.646 bits per heavy atom. The molecule has 3 N–H and O–H groups in total. The highest BCUT2D eigenvalue weighted by atomic mass is 31.2. The minimum absolute atomic E-state index is 0.101. The van der Waals surface area contributed by atoms with Gasteiger partial charge in [-0.05, 0) is 43.4 Å². The first-order valence-electron chi connectivity index (χ1n) is 31.4. The van der Waals surface area contributed by atoms with Crippen LogP contribution in [0.3, 0.4) is 0 Å². The second kappa shape index (κ2) is 51.7. The molecule has 0 bridgehead atoms. The van der Waals surface area contributed by atoms with Crippen LogP contribution in [0.5, 0.6) is 0 Å². The zero-order valence-electron chi connectivity index (χ0n) is 50.8. The lowest BCUT2D eigenvalue weighted by Gasteiger charge is -2.21. The summed E-state index contributed by atoms with van der Waals surface area (Å²) in [7, 11) is -9.87. The van der Waals surface area contributed by atoms with Crippen molar-refractivity contribution in [1.29, 1.82) is 0 Å². The molecular weight excluding hydrogens is 1050 g/mol. The van der Waals surface area contributed by atoms with Crippen molar-refractivity contribution >= 4 is 39.5 Å². The van der Waals surface area contributed by atoms with E-state index in [-0.39, 0.29) is 25.7 Å². The number of rotatable bonds is 58. The number of aliphatic hydroxyl groups excluding tert-OH is 1. The van der Waals surface area contributed by atoms with Gasteiger partial charge in [0.25, 0.3) is 0 Å². The minimum atomic E-state index is -4.94. The van der Waals surface area contributed by atoms with Crippen LogP contribution in [0.2, 0.25) is 0 Å². The van der Waals surface area contributed by atoms with Crippen LogP contribution in [0, 0.1) is 17.8 Å². The molecule has 0 saturated heterocycles. The summed E-state index contributed by atoms with van der Waals surface area (Å²) in [5, 5.41) is 10.5. The number of aliphatic hydroxyl groups is 1. The lowest BCUT2D eigenvalue weighted by atomic mass is 10.00. The lowest BCUT2D eigenvalue weighted by Crippen LogP contribution is -2.30. The second-order valence-corrected chi connectivity index (χ2v) is 25.8. The molecule has 0 aromatic rings. The van der Waals surface area contributed by atoms with Crippen LogP contribution in [-0.4, -0.2) is 96.7 Å². The Hall–Kier alpha value is -1.94. The molecule has 0 aliphatic rings. The standard InChI is InChI=1S/C60H116O17P2/c1-8-10-11-24-34-41-57(62)70-47-55(77-60(65)44-37-30-23-22-27-33-40-53(7)9-2)49-74-78(66,67)72-45-54(61)46-73-79(68,69)75-50-56(48-71-58(63)42-35-28-21-17-19-26-32-39-52(5)6)76-59(64)43-36-29-20-16-14-12-13-15-18-25-31-38-51(3)4/h51-56,61H,8-50H2,1-7H3,(H,66,67)(H,68,69)/t53?,54-,55+,56+/m0/s1. The van der Waals surface area contributed by atoms with E-state index in [1.165, 1.54) is 83.5 Å². The third kappa shape index (κ3) is 53.8. The number of phosphoric ester groups is 2. The Balaban J connectivity index is 5.19. The van der Waals surface area contributed by atoms with Crippen LogP contribution in [-0.2, 0) is 65.4 Å². The minimum Gasteiger partial charge on any atom is -0.462 e.